The first-order chi connectivity index (χ1) is 17.0. The molecule has 1 unspecified atom stereocenters. The molecule has 2 saturated heterocycles. The maximum atomic E-state index is 13.2. The molecule has 3 aromatic heterocycles. The van der Waals surface area contributed by atoms with Crippen LogP contribution in [0.25, 0.3) is 16.2 Å². The zero-order valence-electron chi connectivity index (χ0n) is 19.5. The molecule has 2 N–H and O–H groups in total. The highest BCUT2D eigenvalue weighted by Gasteiger charge is 2.38. The van der Waals surface area contributed by atoms with Crippen molar-refractivity contribution in [2.24, 2.45) is 12.5 Å². The van der Waals surface area contributed by atoms with Crippen LogP contribution in [0.15, 0.2) is 52.9 Å². The van der Waals surface area contributed by atoms with Crippen LogP contribution in [0.2, 0.25) is 0 Å². The maximum Gasteiger partial charge on any atom is 0.335 e. The number of hydrogen-bond acceptors (Lipinski definition) is 7. The molecule has 2 aliphatic rings. The van der Waals surface area contributed by atoms with E-state index in [0.29, 0.717) is 16.2 Å². The number of carbonyl (C=O) groups is 1. The van der Waals surface area contributed by atoms with E-state index in [9.17, 15) is 9.59 Å². The number of rotatable bonds is 4. The lowest BCUT2D eigenvalue weighted by Gasteiger charge is -2.41. The molecule has 1 amide bonds. The molecule has 6 rings (SSSR count). The number of fused-ring (bicyclic) bond motifs is 1. The Labute approximate surface area is 206 Å². The number of benzene rings is 1. The van der Waals surface area contributed by atoms with Gasteiger partial charge in [0.2, 0.25) is 0 Å². The zero-order chi connectivity index (χ0) is 24.0. The standard InChI is InChI=1S/C25H27N7O2S/c1-30-20-5-2-3-6-21(20)32(24(30)34)23-29-18(14-35-23)22(33)28-17-13-26-10-7-19(17)31-12-4-8-25(16-31)9-11-27-15-25/h2-3,5-7,10,13-14,27H,4,8-9,11-12,15-16H2,1H3,(H,28,33). The van der Waals surface area contributed by atoms with E-state index in [1.165, 1.54) is 24.2 Å². The van der Waals surface area contributed by atoms with Crippen molar-refractivity contribution >= 4 is 39.7 Å². The van der Waals surface area contributed by atoms with Gasteiger partial charge in [0, 0.05) is 43.7 Å². The number of amides is 1. The molecular formula is C25H27N7O2S. The molecular weight excluding hydrogens is 462 g/mol. The van der Waals surface area contributed by atoms with Gasteiger partial charge in [0.15, 0.2) is 5.13 Å². The van der Waals surface area contributed by atoms with Crippen LogP contribution in [-0.2, 0) is 7.05 Å². The summed E-state index contributed by atoms with van der Waals surface area (Å²) in [5.41, 5.74) is 3.62. The van der Waals surface area contributed by atoms with E-state index in [4.69, 9.17) is 0 Å². The highest BCUT2D eigenvalue weighted by atomic mass is 32.1. The molecule has 2 aliphatic heterocycles. The van der Waals surface area contributed by atoms with E-state index in [1.807, 2.05) is 30.3 Å². The quantitative estimate of drug-likeness (QED) is 0.458. The first-order valence-corrected chi connectivity index (χ1v) is 12.8. The molecule has 1 aromatic carbocycles. The summed E-state index contributed by atoms with van der Waals surface area (Å²) < 4.78 is 3.14. The summed E-state index contributed by atoms with van der Waals surface area (Å²) >= 11 is 1.27. The third-order valence-corrected chi connectivity index (χ3v) is 8.08. The van der Waals surface area contributed by atoms with E-state index >= 15 is 0 Å². The number of pyridine rings is 1. The van der Waals surface area contributed by atoms with E-state index in [-0.39, 0.29) is 17.3 Å². The van der Waals surface area contributed by atoms with Gasteiger partial charge in [-0.2, -0.15) is 0 Å². The number of aryl methyl sites for hydroxylation is 1. The first kappa shape index (κ1) is 22.0. The van der Waals surface area contributed by atoms with E-state index < -0.39 is 0 Å². The third-order valence-electron chi connectivity index (χ3n) is 7.26. The van der Waals surface area contributed by atoms with Gasteiger partial charge in [0.1, 0.15) is 5.69 Å². The fraction of sp³-hybridized carbons (Fsp3) is 0.360. The van der Waals surface area contributed by atoms with Gasteiger partial charge in [-0.05, 0) is 44.0 Å². The number of piperidine rings is 1. The van der Waals surface area contributed by atoms with Crippen molar-refractivity contribution in [1.82, 2.24) is 24.4 Å². The molecule has 4 aromatic rings. The third kappa shape index (κ3) is 3.82. The fourth-order valence-electron chi connectivity index (χ4n) is 5.45. The van der Waals surface area contributed by atoms with Crippen LogP contribution in [0.4, 0.5) is 11.4 Å². The van der Waals surface area contributed by atoms with Crippen molar-refractivity contribution in [3.8, 4) is 5.13 Å². The number of imidazole rings is 1. The average molecular weight is 490 g/mol. The Balaban J connectivity index is 1.26. The molecule has 1 atom stereocenters. The predicted molar refractivity (Wildman–Crippen MR) is 138 cm³/mol. The molecule has 5 heterocycles. The van der Waals surface area contributed by atoms with Crippen LogP contribution in [-0.4, -0.2) is 51.2 Å². The topological polar surface area (TPSA) is 97.1 Å². The molecule has 9 nitrogen and oxygen atoms in total. The molecule has 180 valence electrons. The van der Waals surface area contributed by atoms with Gasteiger partial charge in [0.25, 0.3) is 5.91 Å². The largest absolute Gasteiger partial charge is 0.369 e. The van der Waals surface area contributed by atoms with Gasteiger partial charge in [0.05, 0.1) is 28.6 Å². The Morgan fingerprint density at radius 3 is 2.89 bits per heavy atom. The lowest BCUT2D eigenvalue weighted by Crippen LogP contribution is -2.44. The average Bonchev–Trinajstić information content (AvgIpc) is 3.59. The molecule has 0 radical (unpaired) electrons. The van der Waals surface area contributed by atoms with Gasteiger partial charge in [-0.15, -0.1) is 11.3 Å². The second kappa shape index (κ2) is 8.62. The Kier molecular flexibility index (Phi) is 5.42. The van der Waals surface area contributed by atoms with Crippen LogP contribution < -0.4 is 21.2 Å². The van der Waals surface area contributed by atoms with E-state index in [0.717, 1.165) is 49.3 Å². The monoisotopic (exact) mass is 489 g/mol. The van der Waals surface area contributed by atoms with Gasteiger partial charge >= 0.3 is 5.69 Å². The number of hydrogen-bond donors (Lipinski definition) is 2. The lowest BCUT2D eigenvalue weighted by molar-refractivity contribution is 0.102. The maximum absolute atomic E-state index is 13.2. The number of thiazole rings is 1. The predicted octanol–water partition coefficient (Wildman–Crippen LogP) is 3.01. The number of nitrogens with zero attached hydrogens (tertiary/aromatic N) is 5. The summed E-state index contributed by atoms with van der Waals surface area (Å²) in [4.78, 5) is 37.2. The molecule has 0 saturated carbocycles. The SMILES string of the molecule is Cn1c(=O)n(-c2nc(C(=O)Nc3cnccc3N3CCCC4(CCNC4)C3)cs2)c2ccccc21. The van der Waals surface area contributed by atoms with Crippen LogP contribution in [0.5, 0.6) is 0 Å². The van der Waals surface area contributed by atoms with Gasteiger partial charge in [-0.3, -0.25) is 14.3 Å². The van der Waals surface area contributed by atoms with Crippen molar-refractivity contribution in [3.63, 3.8) is 0 Å². The second-order valence-corrected chi connectivity index (χ2v) is 10.3. The minimum atomic E-state index is -0.315. The molecule has 1 spiro atoms. The van der Waals surface area contributed by atoms with Gasteiger partial charge in [-0.1, -0.05) is 12.1 Å². The van der Waals surface area contributed by atoms with E-state index in [1.54, 1.807) is 34.0 Å². The van der Waals surface area contributed by atoms with Crippen molar-refractivity contribution in [2.75, 3.05) is 36.4 Å². The summed E-state index contributed by atoms with van der Waals surface area (Å²) in [7, 11) is 1.73. The van der Waals surface area contributed by atoms with Crippen molar-refractivity contribution in [2.45, 2.75) is 19.3 Å². The number of anilines is 2. The molecule has 2 fully saturated rings. The summed E-state index contributed by atoms with van der Waals surface area (Å²) in [6.45, 7) is 4.04. The van der Waals surface area contributed by atoms with Gasteiger partial charge in [-0.25, -0.2) is 14.3 Å². The number of para-hydroxylation sites is 2. The van der Waals surface area contributed by atoms with Crippen molar-refractivity contribution in [3.05, 3.63) is 64.3 Å². The highest BCUT2D eigenvalue weighted by Crippen LogP contribution is 2.39. The molecule has 0 aliphatic carbocycles. The smallest absolute Gasteiger partial charge is 0.335 e. The van der Waals surface area contributed by atoms with Crippen molar-refractivity contribution < 1.29 is 4.79 Å². The summed E-state index contributed by atoms with van der Waals surface area (Å²) in [5, 5.41) is 8.69. The van der Waals surface area contributed by atoms with Crippen LogP contribution in [0.1, 0.15) is 29.8 Å². The van der Waals surface area contributed by atoms with E-state index in [2.05, 4.69) is 25.5 Å². The van der Waals surface area contributed by atoms with Crippen LogP contribution in [0.3, 0.4) is 0 Å². The Hall–Kier alpha value is -3.50. The fourth-order valence-corrected chi connectivity index (χ4v) is 6.26. The Morgan fingerprint density at radius 1 is 1.20 bits per heavy atom. The number of aromatic nitrogens is 4. The van der Waals surface area contributed by atoms with Gasteiger partial charge < -0.3 is 15.5 Å². The summed E-state index contributed by atoms with van der Waals surface area (Å²) in [5.74, 6) is -0.315. The highest BCUT2D eigenvalue weighted by molar-refractivity contribution is 7.12. The van der Waals surface area contributed by atoms with Crippen LogP contribution >= 0.6 is 11.3 Å². The van der Waals surface area contributed by atoms with Crippen LogP contribution in [0, 0.1) is 5.41 Å². The first-order valence-electron chi connectivity index (χ1n) is 11.9. The minimum Gasteiger partial charge on any atom is -0.369 e. The number of nitrogens with one attached hydrogen (secondary N) is 2. The lowest BCUT2D eigenvalue weighted by atomic mass is 9.79. The Morgan fingerprint density at radius 2 is 2.06 bits per heavy atom. The normalized spacial score (nSPS) is 20.1. The van der Waals surface area contributed by atoms with Crippen molar-refractivity contribution in [1.29, 1.82) is 0 Å². The summed E-state index contributed by atoms with van der Waals surface area (Å²) in [6, 6.07) is 9.52. The summed E-state index contributed by atoms with van der Waals surface area (Å²) in [6.07, 6.45) is 7.02. The minimum absolute atomic E-state index is 0.192. The molecule has 10 heteroatoms. The zero-order valence-corrected chi connectivity index (χ0v) is 20.3. The molecule has 35 heavy (non-hydrogen) atoms. The number of carbonyl (C=O) groups excluding carboxylic acids is 1. The Bertz CT molecular complexity index is 1460. The molecule has 0 bridgehead atoms. The second-order valence-electron chi connectivity index (χ2n) is 9.48.